The van der Waals surface area contributed by atoms with E-state index in [4.69, 9.17) is 5.73 Å². The van der Waals surface area contributed by atoms with Gasteiger partial charge in [-0.05, 0) is 37.6 Å². The zero-order valence-electron chi connectivity index (χ0n) is 14.5. The number of hydrogen-bond acceptors (Lipinski definition) is 4. The van der Waals surface area contributed by atoms with Gasteiger partial charge >= 0.3 is 6.18 Å². The van der Waals surface area contributed by atoms with Gasteiger partial charge in [-0.25, -0.2) is 4.68 Å². The van der Waals surface area contributed by atoms with Crippen molar-refractivity contribution in [3.8, 4) is 5.69 Å². The quantitative estimate of drug-likeness (QED) is 0.723. The molecule has 3 heterocycles. The van der Waals surface area contributed by atoms with Crippen molar-refractivity contribution in [1.82, 2.24) is 14.7 Å². The van der Waals surface area contributed by atoms with Crippen LogP contribution < -0.4 is 5.73 Å². The van der Waals surface area contributed by atoms with Gasteiger partial charge in [0, 0.05) is 24.5 Å². The highest BCUT2D eigenvalue weighted by Crippen LogP contribution is 2.34. The van der Waals surface area contributed by atoms with Crippen LogP contribution in [0.3, 0.4) is 0 Å². The molecule has 0 saturated carbocycles. The molecule has 1 aromatic carbocycles. The van der Waals surface area contributed by atoms with Gasteiger partial charge in [0.2, 0.25) is 0 Å². The number of hydrogen-bond donors (Lipinski definition) is 1. The number of aromatic nitrogens is 2. The molecule has 1 saturated heterocycles. The average Bonchev–Trinajstić information content (AvgIpc) is 3.30. The summed E-state index contributed by atoms with van der Waals surface area (Å²) in [6.45, 7) is 2.91. The summed E-state index contributed by atoms with van der Waals surface area (Å²) < 4.78 is 40.6. The van der Waals surface area contributed by atoms with E-state index < -0.39 is 11.7 Å². The molecule has 0 unspecified atom stereocenters. The molecule has 0 bridgehead atoms. The number of benzene rings is 1. The van der Waals surface area contributed by atoms with Crippen molar-refractivity contribution in [2.75, 3.05) is 13.1 Å². The smallest absolute Gasteiger partial charge is 0.336 e. The van der Waals surface area contributed by atoms with Gasteiger partial charge in [0.15, 0.2) is 0 Å². The fraction of sp³-hybridized carbons (Fsp3) is 0.333. The number of aryl methyl sites for hydroxylation is 1. The maximum absolute atomic E-state index is 13.0. The summed E-state index contributed by atoms with van der Waals surface area (Å²) in [6.07, 6.45) is -3.66. The number of thiophene rings is 1. The second kappa shape index (κ2) is 6.35. The van der Waals surface area contributed by atoms with Crippen LogP contribution in [0.4, 0.5) is 13.2 Å². The van der Waals surface area contributed by atoms with E-state index in [2.05, 4.69) is 5.10 Å². The Morgan fingerprint density at radius 3 is 2.78 bits per heavy atom. The second-order valence-electron chi connectivity index (χ2n) is 6.67. The standard InChI is InChI=1S/C18H17F3N4OS/c1-10-14-8-15(16(26)24-6-5-12(22)9-24)27-17(14)25(23-10)13-4-2-3-11(7-13)18(19,20)21/h2-4,7-8,12H,5-6,9,22H2,1H3/t12-/m1/s1. The van der Waals surface area contributed by atoms with Crippen LogP contribution >= 0.6 is 11.3 Å². The Labute approximate surface area is 157 Å². The van der Waals surface area contributed by atoms with Crippen LogP contribution in [0.2, 0.25) is 0 Å². The van der Waals surface area contributed by atoms with Gasteiger partial charge in [-0.1, -0.05) is 6.07 Å². The summed E-state index contributed by atoms with van der Waals surface area (Å²) >= 11 is 1.24. The van der Waals surface area contributed by atoms with Crippen LogP contribution in [0, 0.1) is 6.92 Å². The predicted octanol–water partition coefficient (Wildman–Crippen LogP) is 3.59. The zero-order valence-corrected chi connectivity index (χ0v) is 15.3. The average molecular weight is 394 g/mol. The van der Waals surface area contributed by atoms with Crippen molar-refractivity contribution in [2.24, 2.45) is 5.73 Å². The Morgan fingerprint density at radius 2 is 2.11 bits per heavy atom. The minimum absolute atomic E-state index is 0.00864. The number of likely N-dealkylation sites (tertiary alicyclic amines) is 1. The number of rotatable bonds is 2. The lowest BCUT2D eigenvalue weighted by Gasteiger charge is -2.14. The predicted molar refractivity (Wildman–Crippen MR) is 97.2 cm³/mol. The highest BCUT2D eigenvalue weighted by Gasteiger charge is 2.31. The maximum Gasteiger partial charge on any atom is 0.416 e. The molecular formula is C18H17F3N4OS. The molecule has 1 aliphatic heterocycles. The summed E-state index contributed by atoms with van der Waals surface area (Å²) in [6, 6.07) is 6.77. The van der Waals surface area contributed by atoms with E-state index in [1.54, 1.807) is 24.0 Å². The Bertz CT molecular complexity index is 1020. The fourth-order valence-electron chi connectivity index (χ4n) is 3.27. The van der Waals surface area contributed by atoms with Crippen molar-refractivity contribution >= 4 is 27.5 Å². The first kappa shape index (κ1) is 18.0. The Hall–Kier alpha value is -2.39. The lowest BCUT2D eigenvalue weighted by Crippen LogP contribution is -2.31. The monoisotopic (exact) mass is 394 g/mol. The third-order valence-electron chi connectivity index (χ3n) is 4.69. The first-order valence-corrected chi connectivity index (χ1v) is 9.27. The minimum atomic E-state index is -4.43. The molecule has 0 aliphatic carbocycles. The number of carbonyl (C=O) groups excluding carboxylic acids is 1. The molecule has 2 aromatic heterocycles. The van der Waals surface area contributed by atoms with Gasteiger partial charge < -0.3 is 10.6 Å². The van der Waals surface area contributed by atoms with Crippen molar-refractivity contribution in [1.29, 1.82) is 0 Å². The van der Waals surface area contributed by atoms with E-state index in [0.717, 1.165) is 23.9 Å². The van der Waals surface area contributed by atoms with E-state index in [9.17, 15) is 18.0 Å². The molecule has 1 amide bonds. The van der Waals surface area contributed by atoms with Crippen LogP contribution in [0.1, 0.15) is 27.3 Å². The summed E-state index contributed by atoms with van der Waals surface area (Å²) in [7, 11) is 0. The van der Waals surface area contributed by atoms with Gasteiger partial charge in [-0.15, -0.1) is 11.3 Å². The van der Waals surface area contributed by atoms with Crippen LogP contribution in [-0.4, -0.2) is 39.7 Å². The number of halogens is 3. The van der Waals surface area contributed by atoms with Crippen LogP contribution in [0.25, 0.3) is 15.9 Å². The fourth-order valence-corrected chi connectivity index (χ4v) is 4.42. The van der Waals surface area contributed by atoms with Gasteiger partial charge in [0.25, 0.3) is 5.91 Å². The molecule has 4 rings (SSSR count). The maximum atomic E-state index is 13.0. The van der Waals surface area contributed by atoms with Gasteiger partial charge in [-0.3, -0.25) is 4.79 Å². The molecule has 27 heavy (non-hydrogen) atoms. The van der Waals surface area contributed by atoms with E-state index in [1.807, 2.05) is 0 Å². The van der Waals surface area contributed by atoms with E-state index in [1.165, 1.54) is 22.1 Å². The topological polar surface area (TPSA) is 64.2 Å². The third kappa shape index (κ3) is 3.21. The molecule has 142 valence electrons. The molecule has 9 heteroatoms. The molecule has 5 nitrogen and oxygen atoms in total. The summed E-state index contributed by atoms with van der Waals surface area (Å²) in [5.41, 5.74) is 6.11. The van der Waals surface area contributed by atoms with Gasteiger partial charge in [-0.2, -0.15) is 18.3 Å². The number of carbonyl (C=O) groups is 1. The summed E-state index contributed by atoms with van der Waals surface area (Å²) in [5, 5.41) is 5.14. The Balaban J connectivity index is 1.75. The van der Waals surface area contributed by atoms with Gasteiger partial charge in [0.1, 0.15) is 4.83 Å². The highest BCUT2D eigenvalue weighted by molar-refractivity contribution is 7.20. The summed E-state index contributed by atoms with van der Waals surface area (Å²) in [5.74, 6) is -0.0980. The normalized spacial score (nSPS) is 17.8. The molecule has 1 fully saturated rings. The first-order chi connectivity index (χ1) is 12.7. The van der Waals surface area contributed by atoms with Gasteiger partial charge in [0.05, 0.1) is 21.8 Å². The van der Waals surface area contributed by atoms with E-state index in [-0.39, 0.29) is 11.9 Å². The number of amides is 1. The molecular weight excluding hydrogens is 377 g/mol. The molecule has 2 N–H and O–H groups in total. The molecule has 0 spiro atoms. The zero-order chi connectivity index (χ0) is 19.3. The molecule has 3 aromatic rings. The number of nitrogens with two attached hydrogens (primary N) is 1. The third-order valence-corrected chi connectivity index (χ3v) is 5.78. The first-order valence-electron chi connectivity index (χ1n) is 8.45. The number of fused-ring (bicyclic) bond motifs is 1. The minimum Gasteiger partial charge on any atom is -0.336 e. The lowest BCUT2D eigenvalue weighted by atomic mass is 10.2. The molecule has 1 aliphatic rings. The van der Waals surface area contributed by atoms with E-state index >= 15 is 0 Å². The largest absolute Gasteiger partial charge is 0.416 e. The Kier molecular flexibility index (Phi) is 4.23. The second-order valence-corrected chi connectivity index (χ2v) is 7.71. The number of alkyl halides is 3. The Morgan fingerprint density at radius 1 is 1.33 bits per heavy atom. The molecule has 0 radical (unpaired) electrons. The van der Waals surface area contributed by atoms with Crippen molar-refractivity contribution in [3.05, 3.63) is 46.5 Å². The lowest BCUT2D eigenvalue weighted by molar-refractivity contribution is -0.137. The van der Waals surface area contributed by atoms with Crippen LogP contribution in [0.5, 0.6) is 0 Å². The van der Waals surface area contributed by atoms with E-state index in [0.29, 0.717) is 34.2 Å². The summed E-state index contributed by atoms with van der Waals surface area (Å²) in [4.78, 5) is 15.6. The number of nitrogens with zero attached hydrogens (tertiary/aromatic N) is 3. The molecule has 1 atom stereocenters. The van der Waals surface area contributed by atoms with Crippen LogP contribution in [-0.2, 0) is 6.18 Å². The van der Waals surface area contributed by atoms with Crippen molar-refractivity contribution < 1.29 is 18.0 Å². The van der Waals surface area contributed by atoms with Crippen molar-refractivity contribution in [3.63, 3.8) is 0 Å². The van der Waals surface area contributed by atoms with Crippen molar-refractivity contribution in [2.45, 2.75) is 25.6 Å². The highest BCUT2D eigenvalue weighted by atomic mass is 32.1. The SMILES string of the molecule is Cc1nn(-c2cccc(C(F)(F)F)c2)c2sc(C(=O)N3CC[C@@H](N)C3)cc12. The van der Waals surface area contributed by atoms with Crippen LogP contribution in [0.15, 0.2) is 30.3 Å².